The Kier molecular flexibility index (Phi) is 4.07. The Morgan fingerprint density at radius 1 is 1.21 bits per heavy atom. The highest BCUT2D eigenvalue weighted by atomic mass is 35.5. The predicted octanol–water partition coefficient (Wildman–Crippen LogP) is 4.10. The van der Waals surface area contributed by atoms with E-state index in [-0.39, 0.29) is 5.56 Å². The highest BCUT2D eigenvalue weighted by Gasteiger charge is 2.08. The molecule has 0 aliphatic rings. The quantitative estimate of drug-likeness (QED) is 0.914. The van der Waals surface area contributed by atoms with Gasteiger partial charge >= 0.3 is 5.97 Å². The fourth-order valence-corrected chi connectivity index (χ4v) is 2.07. The van der Waals surface area contributed by atoms with Crippen molar-refractivity contribution in [2.45, 2.75) is 6.92 Å². The maximum absolute atomic E-state index is 10.8. The molecule has 0 heterocycles. The Labute approximate surface area is 116 Å². The average Bonchev–Trinajstić information content (AvgIpc) is 2.40. The maximum Gasteiger partial charge on any atom is 0.335 e. The summed E-state index contributed by atoms with van der Waals surface area (Å²) >= 11 is 6.11. The second-order valence-corrected chi connectivity index (χ2v) is 4.36. The molecule has 0 fully saturated rings. The van der Waals surface area contributed by atoms with Crippen LogP contribution in [0.15, 0.2) is 42.5 Å². The Hall–Kier alpha value is -2.00. The van der Waals surface area contributed by atoms with Crippen LogP contribution in [-0.4, -0.2) is 17.7 Å². The lowest BCUT2D eigenvalue weighted by molar-refractivity contribution is 0.0697. The predicted molar refractivity (Wildman–Crippen MR) is 75.0 cm³/mol. The minimum Gasteiger partial charge on any atom is -0.494 e. The monoisotopic (exact) mass is 276 g/mol. The number of aromatic carboxylic acids is 1. The minimum atomic E-state index is -0.986. The van der Waals surface area contributed by atoms with Gasteiger partial charge in [0.05, 0.1) is 12.2 Å². The van der Waals surface area contributed by atoms with Crippen molar-refractivity contribution in [2.24, 2.45) is 0 Å². The molecule has 0 bridgehead atoms. The van der Waals surface area contributed by atoms with Crippen LogP contribution >= 0.6 is 11.6 Å². The second kappa shape index (κ2) is 5.76. The number of hydrogen-bond donors (Lipinski definition) is 1. The second-order valence-electron chi connectivity index (χ2n) is 3.96. The molecule has 3 nitrogen and oxygen atoms in total. The lowest BCUT2D eigenvalue weighted by Crippen LogP contribution is -1.96. The molecule has 2 aromatic rings. The van der Waals surface area contributed by atoms with Crippen molar-refractivity contribution in [3.05, 3.63) is 53.1 Å². The van der Waals surface area contributed by atoms with Gasteiger partial charge in [0, 0.05) is 10.6 Å². The Balaban J connectivity index is 2.33. The third-order valence-corrected chi connectivity index (χ3v) is 3.01. The standard InChI is InChI=1S/C15H13ClO3/c1-2-19-12-6-3-10(4-7-12)13-8-5-11(15(17)18)9-14(13)16/h3-9H,2H2,1H3,(H,17,18). The third-order valence-electron chi connectivity index (χ3n) is 2.69. The first-order chi connectivity index (χ1) is 9.11. The normalized spacial score (nSPS) is 10.2. The molecule has 0 atom stereocenters. The molecule has 0 saturated heterocycles. The fraction of sp³-hybridized carbons (Fsp3) is 0.133. The van der Waals surface area contributed by atoms with E-state index in [9.17, 15) is 4.79 Å². The molecule has 0 amide bonds. The van der Waals surface area contributed by atoms with Crippen LogP contribution in [0.3, 0.4) is 0 Å². The molecule has 0 aromatic heterocycles. The van der Waals surface area contributed by atoms with E-state index < -0.39 is 5.97 Å². The highest BCUT2D eigenvalue weighted by Crippen LogP contribution is 2.30. The topological polar surface area (TPSA) is 46.5 Å². The van der Waals surface area contributed by atoms with Crippen LogP contribution in [-0.2, 0) is 0 Å². The molecule has 0 aliphatic carbocycles. The fourth-order valence-electron chi connectivity index (χ4n) is 1.78. The van der Waals surface area contributed by atoms with Crippen molar-refractivity contribution in [3.63, 3.8) is 0 Å². The van der Waals surface area contributed by atoms with E-state index in [1.54, 1.807) is 12.1 Å². The lowest BCUT2D eigenvalue weighted by atomic mass is 10.0. The van der Waals surface area contributed by atoms with E-state index in [1.807, 2.05) is 31.2 Å². The van der Waals surface area contributed by atoms with E-state index in [1.165, 1.54) is 6.07 Å². The first-order valence-corrected chi connectivity index (χ1v) is 6.25. The number of carbonyl (C=O) groups is 1. The largest absolute Gasteiger partial charge is 0.494 e. The van der Waals surface area contributed by atoms with Crippen LogP contribution in [0.1, 0.15) is 17.3 Å². The van der Waals surface area contributed by atoms with E-state index in [2.05, 4.69) is 0 Å². The summed E-state index contributed by atoms with van der Waals surface area (Å²) in [5.41, 5.74) is 1.90. The van der Waals surface area contributed by atoms with Gasteiger partial charge < -0.3 is 9.84 Å². The molecule has 2 rings (SSSR count). The van der Waals surface area contributed by atoms with Gasteiger partial charge in [-0.1, -0.05) is 29.8 Å². The number of carboxylic acids is 1. The number of carboxylic acid groups (broad SMARTS) is 1. The Bertz CT molecular complexity index is 591. The van der Waals surface area contributed by atoms with Crippen molar-refractivity contribution in [2.75, 3.05) is 6.61 Å². The number of hydrogen-bond acceptors (Lipinski definition) is 2. The van der Waals surface area contributed by atoms with Crippen LogP contribution in [0.4, 0.5) is 0 Å². The smallest absolute Gasteiger partial charge is 0.335 e. The van der Waals surface area contributed by atoms with E-state index in [0.717, 1.165) is 16.9 Å². The number of rotatable bonds is 4. The van der Waals surface area contributed by atoms with Crippen LogP contribution < -0.4 is 4.74 Å². The zero-order valence-electron chi connectivity index (χ0n) is 10.4. The van der Waals surface area contributed by atoms with E-state index in [4.69, 9.17) is 21.4 Å². The van der Waals surface area contributed by atoms with Crippen molar-refractivity contribution in [1.29, 1.82) is 0 Å². The van der Waals surface area contributed by atoms with Crippen molar-refractivity contribution >= 4 is 17.6 Å². The van der Waals surface area contributed by atoms with Gasteiger partial charge in [0.15, 0.2) is 0 Å². The maximum atomic E-state index is 10.8. The van der Waals surface area contributed by atoms with Crippen LogP contribution in [0.5, 0.6) is 5.75 Å². The van der Waals surface area contributed by atoms with Gasteiger partial charge in [-0.3, -0.25) is 0 Å². The van der Waals surface area contributed by atoms with Gasteiger partial charge in [-0.25, -0.2) is 4.79 Å². The Morgan fingerprint density at radius 2 is 1.89 bits per heavy atom. The Morgan fingerprint density at radius 3 is 2.42 bits per heavy atom. The summed E-state index contributed by atoms with van der Waals surface area (Å²) < 4.78 is 5.37. The van der Waals surface area contributed by atoms with Gasteiger partial charge in [0.25, 0.3) is 0 Å². The molecule has 0 aliphatic heterocycles. The van der Waals surface area contributed by atoms with Crippen LogP contribution in [0.25, 0.3) is 11.1 Å². The summed E-state index contributed by atoms with van der Waals surface area (Å²) in [6, 6.07) is 12.2. The first-order valence-electron chi connectivity index (χ1n) is 5.88. The average molecular weight is 277 g/mol. The molecular formula is C15H13ClO3. The van der Waals surface area contributed by atoms with Gasteiger partial charge in [0.2, 0.25) is 0 Å². The van der Waals surface area contributed by atoms with Crippen molar-refractivity contribution < 1.29 is 14.6 Å². The van der Waals surface area contributed by atoms with Gasteiger partial charge in [0.1, 0.15) is 5.75 Å². The van der Waals surface area contributed by atoms with Crippen LogP contribution in [0.2, 0.25) is 5.02 Å². The summed E-state index contributed by atoms with van der Waals surface area (Å²) in [5.74, 6) is -0.190. The first kappa shape index (κ1) is 13.4. The zero-order valence-corrected chi connectivity index (χ0v) is 11.1. The highest BCUT2D eigenvalue weighted by molar-refractivity contribution is 6.33. The third kappa shape index (κ3) is 3.06. The molecule has 98 valence electrons. The molecule has 0 spiro atoms. The molecule has 4 heteroatoms. The van der Waals surface area contributed by atoms with Crippen LogP contribution in [0, 0.1) is 0 Å². The van der Waals surface area contributed by atoms with Gasteiger partial charge in [-0.2, -0.15) is 0 Å². The summed E-state index contributed by atoms with van der Waals surface area (Å²) in [4.78, 5) is 10.8. The van der Waals surface area contributed by atoms with Gasteiger partial charge in [-0.05, 0) is 36.8 Å². The van der Waals surface area contributed by atoms with Crippen molar-refractivity contribution in [3.8, 4) is 16.9 Å². The number of ether oxygens (including phenoxy) is 1. The van der Waals surface area contributed by atoms with E-state index >= 15 is 0 Å². The number of halogens is 1. The molecular weight excluding hydrogens is 264 g/mol. The zero-order chi connectivity index (χ0) is 13.8. The molecule has 0 unspecified atom stereocenters. The minimum absolute atomic E-state index is 0.180. The molecule has 2 aromatic carbocycles. The summed E-state index contributed by atoms with van der Waals surface area (Å²) in [5, 5.41) is 9.31. The van der Waals surface area contributed by atoms with Gasteiger partial charge in [-0.15, -0.1) is 0 Å². The molecule has 1 N–H and O–H groups in total. The lowest BCUT2D eigenvalue weighted by Gasteiger charge is -2.07. The molecule has 0 saturated carbocycles. The summed E-state index contributed by atoms with van der Waals surface area (Å²) in [6.07, 6.45) is 0. The van der Waals surface area contributed by atoms with E-state index in [0.29, 0.717) is 11.6 Å². The number of benzene rings is 2. The van der Waals surface area contributed by atoms with Crippen molar-refractivity contribution in [1.82, 2.24) is 0 Å². The summed E-state index contributed by atoms with van der Waals surface area (Å²) in [7, 11) is 0. The SMILES string of the molecule is CCOc1ccc(-c2ccc(C(=O)O)cc2Cl)cc1. The molecule has 19 heavy (non-hydrogen) atoms. The molecule has 0 radical (unpaired) electrons. The summed E-state index contributed by atoms with van der Waals surface area (Å²) in [6.45, 7) is 2.54.